The van der Waals surface area contributed by atoms with Gasteiger partial charge < -0.3 is 13.9 Å². The number of hydrogen-bond acceptors (Lipinski definition) is 6. The van der Waals surface area contributed by atoms with E-state index in [-0.39, 0.29) is 24.2 Å². The number of nitrogens with zero attached hydrogens (tertiary/aromatic N) is 2. The van der Waals surface area contributed by atoms with E-state index in [0.29, 0.717) is 17.1 Å². The molecule has 0 saturated heterocycles. The number of ether oxygens (including phenoxy) is 2. The number of anilines is 1. The minimum Gasteiger partial charge on any atom is -0.493 e. The summed E-state index contributed by atoms with van der Waals surface area (Å²) in [5.74, 6) is 1.19. The van der Waals surface area contributed by atoms with Crippen LogP contribution in [0.5, 0.6) is 11.5 Å². The summed E-state index contributed by atoms with van der Waals surface area (Å²) in [5, 5.41) is 10.4. The predicted octanol–water partition coefficient (Wildman–Crippen LogP) is 2.94. The van der Waals surface area contributed by atoms with Gasteiger partial charge >= 0.3 is 6.01 Å². The second-order valence-electron chi connectivity index (χ2n) is 5.19. The number of nitrogens with one attached hydrogen (secondary N) is 1. The summed E-state index contributed by atoms with van der Waals surface area (Å²) in [4.78, 5) is 12.0. The lowest BCUT2D eigenvalue weighted by molar-refractivity contribution is -0.115. The van der Waals surface area contributed by atoms with E-state index >= 15 is 0 Å². The van der Waals surface area contributed by atoms with Crippen molar-refractivity contribution in [3.05, 3.63) is 54.1 Å². The molecule has 0 aliphatic carbocycles. The molecule has 0 radical (unpaired) electrons. The molecule has 3 rings (SSSR count). The van der Waals surface area contributed by atoms with Gasteiger partial charge in [-0.05, 0) is 23.8 Å². The van der Waals surface area contributed by atoms with Crippen LogP contribution in [0.1, 0.15) is 5.56 Å². The molecule has 0 fully saturated rings. The monoisotopic (exact) mass is 339 g/mol. The Morgan fingerprint density at radius 2 is 1.80 bits per heavy atom. The summed E-state index contributed by atoms with van der Waals surface area (Å²) in [7, 11) is 3.11. The maximum atomic E-state index is 12.0. The Morgan fingerprint density at radius 3 is 2.52 bits per heavy atom. The third-order valence-electron chi connectivity index (χ3n) is 3.51. The fourth-order valence-electron chi connectivity index (χ4n) is 2.30. The molecule has 0 atom stereocenters. The Kier molecular flexibility index (Phi) is 4.94. The lowest BCUT2D eigenvalue weighted by Crippen LogP contribution is -2.14. The van der Waals surface area contributed by atoms with Gasteiger partial charge in [-0.3, -0.25) is 10.1 Å². The SMILES string of the molecule is COc1ccc(-c2nnc(NC(=O)Cc3ccccc3)o2)cc1OC. The van der Waals surface area contributed by atoms with Gasteiger partial charge in [0.25, 0.3) is 0 Å². The maximum Gasteiger partial charge on any atom is 0.322 e. The van der Waals surface area contributed by atoms with E-state index < -0.39 is 0 Å². The number of benzene rings is 2. The Hall–Kier alpha value is -3.35. The lowest BCUT2D eigenvalue weighted by Gasteiger charge is -2.07. The normalized spacial score (nSPS) is 10.3. The van der Waals surface area contributed by atoms with Crippen molar-refractivity contribution in [1.82, 2.24) is 10.2 Å². The van der Waals surface area contributed by atoms with Crippen LogP contribution in [0.3, 0.4) is 0 Å². The van der Waals surface area contributed by atoms with Crippen molar-refractivity contribution < 1.29 is 18.7 Å². The zero-order chi connectivity index (χ0) is 17.6. The standard InChI is InChI=1S/C18H17N3O4/c1-23-14-9-8-13(11-15(14)24-2)17-20-21-18(25-17)19-16(22)10-12-6-4-3-5-7-12/h3-9,11H,10H2,1-2H3,(H,19,21,22). The average Bonchev–Trinajstić information content (AvgIpc) is 3.10. The van der Waals surface area contributed by atoms with Crippen LogP contribution in [-0.4, -0.2) is 30.3 Å². The molecule has 0 bridgehead atoms. The van der Waals surface area contributed by atoms with Gasteiger partial charge in [-0.2, -0.15) is 0 Å². The van der Waals surface area contributed by atoms with Crippen molar-refractivity contribution in [3.8, 4) is 23.0 Å². The number of rotatable bonds is 6. The van der Waals surface area contributed by atoms with Gasteiger partial charge in [-0.25, -0.2) is 0 Å². The molecule has 1 amide bonds. The fourth-order valence-corrected chi connectivity index (χ4v) is 2.30. The molecule has 2 aromatic carbocycles. The molecule has 0 spiro atoms. The van der Waals surface area contributed by atoms with E-state index in [4.69, 9.17) is 13.9 Å². The van der Waals surface area contributed by atoms with Gasteiger partial charge in [0, 0.05) is 5.56 Å². The Morgan fingerprint density at radius 1 is 1.04 bits per heavy atom. The first-order valence-electron chi connectivity index (χ1n) is 7.59. The van der Waals surface area contributed by atoms with Gasteiger partial charge in [-0.15, -0.1) is 5.10 Å². The van der Waals surface area contributed by atoms with E-state index in [9.17, 15) is 4.79 Å². The molecule has 25 heavy (non-hydrogen) atoms. The zero-order valence-electron chi connectivity index (χ0n) is 13.9. The van der Waals surface area contributed by atoms with Gasteiger partial charge in [0.2, 0.25) is 11.8 Å². The zero-order valence-corrected chi connectivity index (χ0v) is 13.9. The van der Waals surface area contributed by atoms with Crippen molar-refractivity contribution in [2.75, 3.05) is 19.5 Å². The van der Waals surface area contributed by atoms with Crippen molar-refractivity contribution >= 4 is 11.9 Å². The number of amides is 1. The highest BCUT2D eigenvalue weighted by molar-refractivity contribution is 5.90. The highest BCUT2D eigenvalue weighted by Crippen LogP contribution is 2.32. The number of hydrogen-bond donors (Lipinski definition) is 1. The molecule has 1 heterocycles. The number of carbonyl (C=O) groups excluding carboxylic acids is 1. The van der Waals surface area contributed by atoms with Crippen molar-refractivity contribution in [3.63, 3.8) is 0 Å². The molecule has 7 nitrogen and oxygen atoms in total. The summed E-state index contributed by atoms with van der Waals surface area (Å²) in [6.45, 7) is 0. The second-order valence-corrected chi connectivity index (χ2v) is 5.19. The fraction of sp³-hybridized carbons (Fsp3) is 0.167. The molecule has 1 aromatic heterocycles. The lowest BCUT2D eigenvalue weighted by atomic mass is 10.1. The van der Waals surface area contributed by atoms with E-state index in [1.54, 1.807) is 32.4 Å². The van der Waals surface area contributed by atoms with Crippen LogP contribution < -0.4 is 14.8 Å². The minimum absolute atomic E-state index is 0.0470. The minimum atomic E-state index is -0.228. The summed E-state index contributed by atoms with van der Waals surface area (Å²) in [6.07, 6.45) is 0.231. The van der Waals surface area contributed by atoms with Crippen LogP contribution in [0.2, 0.25) is 0 Å². The van der Waals surface area contributed by atoms with Gasteiger partial charge in [0.15, 0.2) is 11.5 Å². The van der Waals surface area contributed by atoms with Crippen LogP contribution in [0, 0.1) is 0 Å². The summed E-state index contributed by atoms with van der Waals surface area (Å²) in [6, 6.07) is 14.7. The third kappa shape index (κ3) is 3.95. The van der Waals surface area contributed by atoms with E-state index in [1.165, 1.54) is 0 Å². The Labute approximate surface area is 144 Å². The maximum absolute atomic E-state index is 12.0. The average molecular weight is 339 g/mol. The molecular formula is C18H17N3O4. The Bertz CT molecular complexity index is 862. The first-order valence-corrected chi connectivity index (χ1v) is 7.59. The first-order chi connectivity index (χ1) is 12.2. The van der Waals surface area contributed by atoms with E-state index in [1.807, 2.05) is 30.3 Å². The molecular weight excluding hydrogens is 322 g/mol. The smallest absolute Gasteiger partial charge is 0.322 e. The summed E-state index contributed by atoms with van der Waals surface area (Å²) < 4.78 is 15.9. The number of aromatic nitrogens is 2. The highest BCUT2D eigenvalue weighted by atomic mass is 16.5. The second kappa shape index (κ2) is 7.48. The molecule has 3 aromatic rings. The summed E-state index contributed by atoms with van der Waals surface area (Å²) >= 11 is 0. The van der Waals surface area contributed by atoms with Gasteiger partial charge in [0.05, 0.1) is 20.6 Å². The van der Waals surface area contributed by atoms with Crippen molar-refractivity contribution in [2.45, 2.75) is 6.42 Å². The summed E-state index contributed by atoms with van der Waals surface area (Å²) in [5.41, 5.74) is 1.56. The van der Waals surface area contributed by atoms with Crippen LogP contribution >= 0.6 is 0 Å². The van der Waals surface area contributed by atoms with E-state index in [2.05, 4.69) is 15.5 Å². The van der Waals surface area contributed by atoms with E-state index in [0.717, 1.165) is 5.56 Å². The molecule has 128 valence electrons. The van der Waals surface area contributed by atoms with Crippen LogP contribution in [0.15, 0.2) is 52.9 Å². The molecule has 7 heteroatoms. The Balaban J connectivity index is 1.71. The van der Waals surface area contributed by atoms with Crippen LogP contribution in [0.25, 0.3) is 11.5 Å². The first kappa shape index (κ1) is 16.5. The molecule has 0 aliphatic heterocycles. The largest absolute Gasteiger partial charge is 0.493 e. The molecule has 1 N–H and O–H groups in total. The van der Waals surface area contributed by atoms with Crippen molar-refractivity contribution in [2.24, 2.45) is 0 Å². The highest BCUT2D eigenvalue weighted by Gasteiger charge is 2.14. The number of methoxy groups -OCH3 is 2. The molecule has 0 aliphatic rings. The molecule has 0 saturated carbocycles. The third-order valence-corrected chi connectivity index (χ3v) is 3.51. The van der Waals surface area contributed by atoms with Crippen LogP contribution in [-0.2, 0) is 11.2 Å². The number of carbonyl (C=O) groups is 1. The topological polar surface area (TPSA) is 86.5 Å². The quantitative estimate of drug-likeness (QED) is 0.743. The molecule has 0 unspecified atom stereocenters. The predicted molar refractivity (Wildman–Crippen MR) is 91.6 cm³/mol. The van der Waals surface area contributed by atoms with Crippen molar-refractivity contribution in [1.29, 1.82) is 0 Å². The van der Waals surface area contributed by atoms with Gasteiger partial charge in [-0.1, -0.05) is 35.4 Å². The van der Waals surface area contributed by atoms with Gasteiger partial charge in [0.1, 0.15) is 0 Å². The van der Waals surface area contributed by atoms with Crippen LogP contribution in [0.4, 0.5) is 6.01 Å².